The zero-order valence-electron chi connectivity index (χ0n) is 6.60. The summed E-state index contributed by atoms with van der Waals surface area (Å²) >= 11 is 5.86. The van der Waals surface area contributed by atoms with Crippen molar-refractivity contribution in [3.63, 3.8) is 0 Å². The van der Waals surface area contributed by atoms with Gasteiger partial charge in [0.2, 0.25) is 15.4 Å². The van der Waals surface area contributed by atoms with Crippen molar-refractivity contribution >= 4 is 44.0 Å². The fourth-order valence-electron chi connectivity index (χ4n) is 0.528. The Hall–Kier alpha value is -0.770. The molecule has 0 bridgehead atoms. The Kier molecular flexibility index (Phi) is 3.37. The average molecular weight is 257 g/mol. The summed E-state index contributed by atoms with van der Waals surface area (Å²) in [5, 5.41) is 13.7. The summed E-state index contributed by atoms with van der Waals surface area (Å²) in [5.74, 6) is -0.742. The van der Waals surface area contributed by atoms with E-state index in [9.17, 15) is 13.2 Å². The monoisotopic (exact) mass is 256 g/mol. The SMILES string of the molecule is NS(=O)(=O)c1nnc(NC(=O)CCl)s1. The predicted molar refractivity (Wildman–Crippen MR) is 50.6 cm³/mol. The van der Waals surface area contributed by atoms with Gasteiger partial charge in [-0.25, -0.2) is 13.6 Å². The number of rotatable bonds is 3. The van der Waals surface area contributed by atoms with Crippen molar-refractivity contribution in [2.75, 3.05) is 11.2 Å². The summed E-state index contributed by atoms with van der Waals surface area (Å²) < 4.78 is 21.1. The Labute approximate surface area is 88.3 Å². The molecule has 0 aliphatic rings. The first-order valence-electron chi connectivity index (χ1n) is 3.15. The molecular weight excluding hydrogens is 252 g/mol. The van der Waals surface area contributed by atoms with Gasteiger partial charge in [-0.05, 0) is 0 Å². The molecule has 1 aromatic heterocycles. The summed E-state index contributed by atoms with van der Waals surface area (Å²) in [6.07, 6.45) is 0. The van der Waals surface area contributed by atoms with Crippen LogP contribution in [0, 0.1) is 0 Å². The van der Waals surface area contributed by atoms with Gasteiger partial charge in [0.25, 0.3) is 10.0 Å². The lowest BCUT2D eigenvalue weighted by atomic mass is 10.7. The quantitative estimate of drug-likeness (QED) is 0.551. The standard InChI is InChI=1S/C4H5ClN4O3S2/c5-1-2(10)7-3-8-9-4(13-3)14(6,11)12/h1H2,(H2,6,11,12)(H,7,8,10). The minimum atomic E-state index is -3.86. The molecule has 10 heteroatoms. The second-order valence-corrected chi connectivity index (χ2v) is 5.08. The van der Waals surface area contributed by atoms with Crippen LogP contribution in [0.3, 0.4) is 0 Å². The minimum Gasteiger partial charge on any atom is -0.299 e. The average Bonchev–Trinajstić information content (AvgIpc) is 2.51. The Morgan fingerprint density at radius 2 is 2.21 bits per heavy atom. The molecule has 1 rings (SSSR count). The van der Waals surface area contributed by atoms with Crippen molar-refractivity contribution in [3.8, 4) is 0 Å². The number of nitrogens with one attached hydrogen (secondary N) is 1. The second-order valence-electron chi connectivity index (χ2n) is 2.10. The number of aromatic nitrogens is 2. The minimum absolute atomic E-state index is 0.0414. The van der Waals surface area contributed by atoms with Crippen molar-refractivity contribution < 1.29 is 13.2 Å². The highest BCUT2D eigenvalue weighted by Gasteiger charge is 2.15. The van der Waals surface area contributed by atoms with Gasteiger partial charge >= 0.3 is 0 Å². The fraction of sp³-hybridized carbons (Fsp3) is 0.250. The molecule has 1 aromatic rings. The van der Waals surface area contributed by atoms with Crippen molar-refractivity contribution in [2.45, 2.75) is 4.34 Å². The van der Waals surface area contributed by atoms with Gasteiger partial charge in [0.1, 0.15) is 5.88 Å². The molecule has 0 radical (unpaired) electrons. The Morgan fingerprint density at radius 3 is 2.64 bits per heavy atom. The van der Waals surface area contributed by atoms with Crippen LogP contribution < -0.4 is 10.5 Å². The number of nitrogens with two attached hydrogens (primary N) is 1. The highest BCUT2D eigenvalue weighted by atomic mass is 35.5. The molecule has 1 amide bonds. The molecule has 0 saturated carbocycles. The van der Waals surface area contributed by atoms with E-state index in [4.69, 9.17) is 16.7 Å². The molecule has 78 valence electrons. The number of nitrogens with zero attached hydrogens (tertiary/aromatic N) is 2. The van der Waals surface area contributed by atoms with Crippen LogP contribution in [0.5, 0.6) is 0 Å². The van der Waals surface area contributed by atoms with E-state index >= 15 is 0 Å². The normalized spacial score (nSPS) is 11.3. The molecule has 3 N–H and O–H groups in total. The van der Waals surface area contributed by atoms with Gasteiger partial charge in [-0.1, -0.05) is 11.3 Å². The van der Waals surface area contributed by atoms with Crippen LogP contribution in [0.25, 0.3) is 0 Å². The molecule has 14 heavy (non-hydrogen) atoms. The Morgan fingerprint density at radius 1 is 1.57 bits per heavy atom. The van der Waals surface area contributed by atoms with Crippen LogP contribution in [-0.4, -0.2) is 30.4 Å². The lowest BCUT2D eigenvalue weighted by molar-refractivity contribution is -0.113. The van der Waals surface area contributed by atoms with Crippen molar-refractivity contribution in [1.29, 1.82) is 0 Å². The molecule has 0 atom stereocenters. The van der Waals surface area contributed by atoms with Gasteiger partial charge in [-0.2, -0.15) is 0 Å². The number of hydrogen-bond acceptors (Lipinski definition) is 6. The molecule has 0 fully saturated rings. The predicted octanol–water partition coefficient (Wildman–Crippen LogP) is -0.637. The third kappa shape index (κ3) is 2.87. The number of carbonyl (C=O) groups is 1. The maximum absolute atomic E-state index is 10.8. The molecule has 7 nitrogen and oxygen atoms in total. The molecule has 0 aliphatic heterocycles. The van der Waals surface area contributed by atoms with Gasteiger partial charge in [0, 0.05) is 0 Å². The van der Waals surface area contributed by atoms with Crippen LogP contribution in [0.1, 0.15) is 0 Å². The highest BCUT2D eigenvalue weighted by Crippen LogP contribution is 2.18. The van der Waals surface area contributed by atoms with E-state index in [1.807, 2.05) is 0 Å². The number of amides is 1. The van der Waals surface area contributed by atoms with Crippen LogP contribution >= 0.6 is 22.9 Å². The van der Waals surface area contributed by atoms with E-state index < -0.39 is 15.9 Å². The van der Waals surface area contributed by atoms with E-state index in [1.165, 1.54) is 0 Å². The van der Waals surface area contributed by atoms with Crippen molar-refractivity contribution in [1.82, 2.24) is 10.2 Å². The molecule has 0 aliphatic carbocycles. The van der Waals surface area contributed by atoms with E-state index in [0.29, 0.717) is 11.3 Å². The summed E-state index contributed by atoms with van der Waals surface area (Å²) in [6.45, 7) is 0. The maximum Gasteiger partial charge on any atom is 0.267 e. The molecule has 0 aromatic carbocycles. The Balaban J connectivity index is 2.84. The summed E-state index contributed by atoms with van der Waals surface area (Å²) in [7, 11) is -3.86. The first kappa shape index (κ1) is 11.3. The molecule has 0 spiro atoms. The van der Waals surface area contributed by atoms with Crippen LogP contribution in [0.15, 0.2) is 4.34 Å². The van der Waals surface area contributed by atoms with E-state index in [-0.39, 0.29) is 15.4 Å². The number of carbonyl (C=O) groups excluding carboxylic acids is 1. The van der Waals surface area contributed by atoms with Gasteiger partial charge in [0.15, 0.2) is 0 Å². The fourth-order valence-corrected chi connectivity index (χ4v) is 1.94. The largest absolute Gasteiger partial charge is 0.299 e. The lowest BCUT2D eigenvalue weighted by Crippen LogP contribution is -2.12. The second kappa shape index (κ2) is 4.17. The van der Waals surface area contributed by atoms with E-state index in [2.05, 4.69) is 15.5 Å². The zero-order chi connectivity index (χ0) is 10.8. The van der Waals surface area contributed by atoms with Gasteiger partial charge in [0.05, 0.1) is 0 Å². The number of anilines is 1. The zero-order valence-corrected chi connectivity index (χ0v) is 8.99. The van der Waals surface area contributed by atoms with Crippen LogP contribution in [0.4, 0.5) is 5.13 Å². The van der Waals surface area contributed by atoms with Gasteiger partial charge < -0.3 is 0 Å². The topological polar surface area (TPSA) is 115 Å². The number of hydrogen-bond donors (Lipinski definition) is 2. The number of primary sulfonamides is 1. The van der Waals surface area contributed by atoms with E-state index in [1.54, 1.807) is 0 Å². The molecule has 0 unspecified atom stereocenters. The highest BCUT2D eigenvalue weighted by molar-refractivity contribution is 7.91. The Bertz CT molecular complexity index is 441. The van der Waals surface area contributed by atoms with Crippen LogP contribution in [0.2, 0.25) is 0 Å². The smallest absolute Gasteiger partial charge is 0.267 e. The maximum atomic E-state index is 10.8. The first-order valence-corrected chi connectivity index (χ1v) is 6.05. The third-order valence-electron chi connectivity index (χ3n) is 1.02. The summed E-state index contributed by atoms with van der Waals surface area (Å²) in [4.78, 5) is 10.8. The summed E-state index contributed by atoms with van der Waals surface area (Å²) in [5.41, 5.74) is 0. The van der Waals surface area contributed by atoms with Gasteiger partial charge in [-0.15, -0.1) is 21.8 Å². The number of halogens is 1. The third-order valence-corrected chi connectivity index (χ3v) is 3.41. The van der Waals surface area contributed by atoms with Crippen molar-refractivity contribution in [2.24, 2.45) is 5.14 Å². The molecular formula is C4H5ClN4O3S2. The molecule has 1 heterocycles. The first-order chi connectivity index (χ1) is 6.43. The molecule has 0 saturated heterocycles. The van der Waals surface area contributed by atoms with E-state index in [0.717, 1.165) is 0 Å². The van der Waals surface area contributed by atoms with Crippen LogP contribution in [-0.2, 0) is 14.8 Å². The van der Waals surface area contributed by atoms with Gasteiger partial charge in [-0.3, -0.25) is 10.1 Å². The lowest BCUT2D eigenvalue weighted by Gasteiger charge is -1.93. The number of sulfonamides is 1. The summed E-state index contributed by atoms with van der Waals surface area (Å²) in [6, 6.07) is 0. The number of alkyl halides is 1. The van der Waals surface area contributed by atoms with Crippen molar-refractivity contribution in [3.05, 3.63) is 0 Å².